The third kappa shape index (κ3) is 3.63. The molecule has 0 radical (unpaired) electrons. The lowest BCUT2D eigenvalue weighted by Gasteiger charge is -2.15. The Hall–Kier alpha value is -2.24. The van der Waals surface area contributed by atoms with Gasteiger partial charge in [-0.2, -0.15) is 0 Å². The van der Waals surface area contributed by atoms with E-state index < -0.39 is 5.91 Å². The highest BCUT2D eigenvalue weighted by molar-refractivity contribution is 5.95. The average molecular weight is 278 g/mol. The van der Waals surface area contributed by atoms with Gasteiger partial charge in [-0.05, 0) is 25.0 Å². The molecule has 20 heavy (non-hydrogen) atoms. The van der Waals surface area contributed by atoms with E-state index in [1.807, 2.05) is 0 Å². The van der Waals surface area contributed by atoms with Gasteiger partial charge in [-0.15, -0.1) is 0 Å². The number of benzene rings is 1. The first-order chi connectivity index (χ1) is 9.56. The second-order valence-corrected chi connectivity index (χ2v) is 4.83. The molecule has 1 aliphatic rings. The van der Waals surface area contributed by atoms with Crippen LogP contribution in [-0.2, 0) is 4.79 Å². The molecule has 1 saturated heterocycles. The number of nitrogens with zero attached hydrogens (tertiary/aromatic N) is 1. The molecule has 1 heterocycles. The van der Waals surface area contributed by atoms with Crippen molar-refractivity contribution in [2.75, 3.05) is 19.6 Å². The molecular formula is C14H18N2O4. The molecule has 1 aliphatic heterocycles. The molecular weight excluding hydrogens is 260 g/mol. The molecule has 0 atom stereocenters. The number of phenolic OH excluding ortho intramolecular Hbond substituents is 2. The van der Waals surface area contributed by atoms with Gasteiger partial charge in [0.15, 0.2) is 0 Å². The predicted octanol–water partition coefficient (Wildman–Crippen LogP) is 0.840. The van der Waals surface area contributed by atoms with Crippen LogP contribution in [0.25, 0.3) is 0 Å². The number of carbonyl (C=O) groups is 2. The fraction of sp³-hybridized carbons (Fsp3) is 0.429. The van der Waals surface area contributed by atoms with Gasteiger partial charge in [-0.25, -0.2) is 0 Å². The van der Waals surface area contributed by atoms with E-state index >= 15 is 0 Å². The molecule has 0 unspecified atom stereocenters. The van der Waals surface area contributed by atoms with Crippen LogP contribution in [0.1, 0.15) is 29.6 Å². The minimum Gasteiger partial charge on any atom is -0.508 e. The Morgan fingerprint density at radius 1 is 1.10 bits per heavy atom. The van der Waals surface area contributed by atoms with Gasteiger partial charge in [0.1, 0.15) is 11.5 Å². The summed E-state index contributed by atoms with van der Waals surface area (Å²) in [6, 6.07) is 3.67. The first kappa shape index (κ1) is 14.2. The number of phenols is 2. The Morgan fingerprint density at radius 3 is 2.30 bits per heavy atom. The molecule has 1 aromatic rings. The normalized spacial score (nSPS) is 14.3. The number of likely N-dealkylation sites (tertiary alicyclic amines) is 1. The first-order valence-corrected chi connectivity index (χ1v) is 6.65. The maximum Gasteiger partial charge on any atom is 0.251 e. The number of amides is 2. The second kappa shape index (κ2) is 6.27. The van der Waals surface area contributed by atoms with Crippen LogP contribution in [0.4, 0.5) is 0 Å². The van der Waals surface area contributed by atoms with Gasteiger partial charge in [0.25, 0.3) is 5.91 Å². The molecule has 108 valence electrons. The highest BCUT2D eigenvalue weighted by Crippen LogP contribution is 2.20. The monoisotopic (exact) mass is 278 g/mol. The van der Waals surface area contributed by atoms with Crippen molar-refractivity contribution < 1.29 is 19.8 Å². The molecule has 6 nitrogen and oxygen atoms in total. The molecule has 0 aromatic heterocycles. The smallest absolute Gasteiger partial charge is 0.251 e. The molecule has 1 aromatic carbocycles. The molecule has 3 N–H and O–H groups in total. The third-order valence-corrected chi connectivity index (χ3v) is 3.25. The van der Waals surface area contributed by atoms with E-state index in [0.717, 1.165) is 32.0 Å². The molecule has 0 saturated carbocycles. The van der Waals surface area contributed by atoms with Crippen molar-refractivity contribution in [2.24, 2.45) is 0 Å². The van der Waals surface area contributed by atoms with Gasteiger partial charge in [-0.3, -0.25) is 9.59 Å². The maximum absolute atomic E-state index is 11.8. The lowest BCUT2D eigenvalue weighted by atomic mass is 10.2. The summed E-state index contributed by atoms with van der Waals surface area (Å²) in [5.41, 5.74) is 0.163. The fourth-order valence-electron chi connectivity index (χ4n) is 2.24. The van der Waals surface area contributed by atoms with Crippen LogP contribution in [0.2, 0.25) is 0 Å². The summed E-state index contributed by atoms with van der Waals surface area (Å²) in [6.07, 6.45) is 2.35. The second-order valence-electron chi connectivity index (χ2n) is 4.83. The molecule has 1 fully saturated rings. The first-order valence-electron chi connectivity index (χ1n) is 6.65. The van der Waals surface area contributed by atoms with E-state index in [1.54, 1.807) is 4.90 Å². The summed E-state index contributed by atoms with van der Waals surface area (Å²) in [6.45, 7) is 1.84. The number of hydrogen-bond acceptors (Lipinski definition) is 4. The van der Waals surface area contributed by atoms with Crippen LogP contribution < -0.4 is 5.32 Å². The lowest BCUT2D eigenvalue weighted by molar-refractivity contribution is -0.129. The van der Waals surface area contributed by atoms with E-state index in [9.17, 15) is 19.8 Å². The van der Waals surface area contributed by atoms with Crippen molar-refractivity contribution in [1.29, 1.82) is 0 Å². The van der Waals surface area contributed by atoms with Crippen molar-refractivity contribution in [1.82, 2.24) is 10.2 Å². The van der Waals surface area contributed by atoms with Crippen molar-refractivity contribution in [3.05, 3.63) is 23.8 Å². The Bertz CT molecular complexity index is 490. The van der Waals surface area contributed by atoms with Crippen LogP contribution in [0.5, 0.6) is 11.5 Å². The van der Waals surface area contributed by atoms with E-state index in [1.165, 1.54) is 12.1 Å². The van der Waals surface area contributed by atoms with Gasteiger partial charge in [0.2, 0.25) is 5.91 Å². The van der Waals surface area contributed by atoms with E-state index in [0.29, 0.717) is 0 Å². The molecule has 0 spiro atoms. The third-order valence-electron chi connectivity index (χ3n) is 3.25. The molecule has 2 rings (SSSR count). The topological polar surface area (TPSA) is 89.9 Å². The lowest BCUT2D eigenvalue weighted by Crippen LogP contribution is -2.32. The molecule has 0 bridgehead atoms. The quantitative estimate of drug-likeness (QED) is 0.761. The summed E-state index contributed by atoms with van der Waals surface area (Å²) >= 11 is 0. The molecule has 2 amide bonds. The Morgan fingerprint density at radius 2 is 1.70 bits per heavy atom. The van der Waals surface area contributed by atoms with Crippen LogP contribution in [0, 0.1) is 0 Å². The van der Waals surface area contributed by atoms with Crippen LogP contribution in [0.15, 0.2) is 18.2 Å². The van der Waals surface area contributed by atoms with Crippen molar-refractivity contribution in [2.45, 2.75) is 19.3 Å². The zero-order valence-electron chi connectivity index (χ0n) is 11.1. The SMILES string of the molecule is O=C(NCCC(=O)N1CCCC1)c1cc(O)cc(O)c1. The maximum atomic E-state index is 11.8. The standard InChI is InChI=1S/C14H18N2O4/c17-11-7-10(8-12(18)9-11)14(20)15-4-3-13(19)16-5-1-2-6-16/h7-9,17-18H,1-6H2,(H,15,20). The summed E-state index contributed by atoms with van der Waals surface area (Å²) < 4.78 is 0. The van der Waals surface area contributed by atoms with Crippen molar-refractivity contribution in [3.63, 3.8) is 0 Å². The highest BCUT2D eigenvalue weighted by atomic mass is 16.3. The molecule has 0 aliphatic carbocycles. The van der Waals surface area contributed by atoms with E-state index in [4.69, 9.17) is 0 Å². The van der Waals surface area contributed by atoms with Crippen LogP contribution in [0.3, 0.4) is 0 Å². The predicted molar refractivity (Wildman–Crippen MR) is 72.5 cm³/mol. The summed E-state index contributed by atoms with van der Waals surface area (Å²) in [4.78, 5) is 25.4. The van der Waals surface area contributed by atoms with Gasteiger partial charge < -0.3 is 20.4 Å². The van der Waals surface area contributed by atoms with Gasteiger partial charge in [0, 0.05) is 37.7 Å². The average Bonchev–Trinajstić information content (AvgIpc) is 2.91. The number of hydrogen-bond donors (Lipinski definition) is 3. The van der Waals surface area contributed by atoms with Crippen molar-refractivity contribution in [3.8, 4) is 11.5 Å². The Labute approximate surface area is 117 Å². The Balaban J connectivity index is 1.81. The van der Waals surface area contributed by atoms with Crippen molar-refractivity contribution >= 4 is 11.8 Å². The summed E-state index contributed by atoms with van der Waals surface area (Å²) in [5, 5.41) is 21.2. The van der Waals surface area contributed by atoms with Gasteiger partial charge in [0.05, 0.1) is 0 Å². The highest BCUT2D eigenvalue weighted by Gasteiger charge is 2.17. The largest absolute Gasteiger partial charge is 0.508 e. The van der Waals surface area contributed by atoms with Gasteiger partial charge >= 0.3 is 0 Å². The van der Waals surface area contributed by atoms with Crippen LogP contribution in [-0.4, -0.2) is 46.6 Å². The number of nitrogens with one attached hydrogen (secondary N) is 1. The summed E-state index contributed by atoms with van der Waals surface area (Å²) in [5.74, 6) is -0.737. The number of aromatic hydroxyl groups is 2. The fourth-order valence-corrected chi connectivity index (χ4v) is 2.24. The zero-order chi connectivity index (χ0) is 14.5. The van der Waals surface area contributed by atoms with Crippen LogP contribution >= 0.6 is 0 Å². The van der Waals surface area contributed by atoms with Gasteiger partial charge in [-0.1, -0.05) is 0 Å². The van der Waals surface area contributed by atoms with E-state index in [2.05, 4.69) is 5.32 Å². The summed E-state index contributed by atoms with van der Waals surface area (Å²) in [7, 11) is 0. The zero-order valence-corrected chi connectivity index (χ0v) is 11.1. The number of carbonyl (C=O) groups excluding carboxylic acids is 2. The van der Waals surface area contributed by atoms with E-state index in [-0.39, 0.29) is 35.9 Å². The Kier molecular flexibility index (Phi) is 4.45. The minimum atomic E-state index is -0.426. The number of rotatable bonds is 4. The minimum absolute atomic E-state index is 0.0431. The molecule has 6 heteroatoms.